The van der Waals surface area contributed by atoms with Gasteiger partial charge in [-0.3, -0.25) is 9.88 Å². The van der Waals surface area contributed by atoms with Crippen LogP contribution in [0.25, 0.3) is 11.0 Å². The lowest BCUT2D eigenvalue weighted by Gasteiger charge is -2.40. The molecule has 1 aliphatic rings. The first-order valence-electron chi connectivity index (χ1n) is 8.95. The minimum Gasteiger partial charge on any atom is -0.352 e. The lowest BCUT2D eigenvalue weighted by Crippen LogP contribution is -2.52. The van der Waals surface area contributed by atoms with E-state index in [1.807, 2.05) is 36.7 Å². The Labute approximate surface area is 148 Å². The zero-order valence-electron chi connectivity index (χ0n) is 14.8. The Kier molecular flexibility index (Phi) is 4.36. The summed E-state index contributed by atoms with van der Waals surface area (Å²) in [4.78, 5) is 18.7. The molecule has 0 bridgehead atoms. The molecule has 4 rings (SSSR count). The Morgan fingerprint density at radius 2 is 1.96 bits per heavy atom. The SMILES string of the molecule is CCn1ccnc1CN1CCN(c2cnc3ccccc3n2)CC1C. The second-order valence-electron chi connectivity index (χ2n) is 6.61. The number of aromatic nitrogens is 4. The summed E-state index contributed by atoms with van der Waals surface area (Å²) in [7, 11) is 0. The number of benzene rings is 1. The summed E-state index contributed by atoms with van der Waals surface area (Å²) in [6, 6.07) is 8.48. The smallest absolute Gasteiger partial charge is 0.147 e. The molecule has 0 N–H and O–H groups in total. The standard InChI is InChI=1S/C19H24N6/c1-3-23-9-8-20-19(23)14-24-10-11-25(13-15(24)2)18-12-21-16-6-4-5-7-17(16)22-18/h4-9,12,15H,3,10-11,13-14H2,1-2H3. The van der Waals surface area contributed by atoms with Crippen LogP contribution in [0.2, 0.25) is 0 Å². The summed E-state index contributed by atoms with van der Waals surface area (Å²) in [6.45, 7) is 9.23. The number of hydrogen-bond acceptors (Lipinski definition) is 5. The van der Waals surface area contributed by atoms with Crippen LogP contribution in [0.3, 0.4) is 0 Å². The normalized spacial score (nSPS) is 18.8. The van der Waals surface area contributed by atoms with E-state index in [2.05, 4.69) is 44.4 Å². The van der Waals surface area contributed by atoms with E-state index in [0.717, 1.165) is 55.4 Å². The zero-order valence-corrected chi connectivity index (χ0v) is 14.8. The van der Waals surface area contributed by atoms with E-state index < -0.39 is 0 Å². The van der Waals surface area contributed by atoms with Crippen LogP contribution in [0.1, 0.15) is 19.7 Å². The molecule has 1 unspecified atom stereocenters. The number of rotatable bonds is 4. The molecule has 2 aromatic heterocycles. The molecule has 0 spiro atoms. The van der Waals surface area contributed by atoms with Crippen molar-refractivity contribution >= 4 is 16.9 Å². The van der Waals surface area contributed by atoms with E-state index in [4.69, 9.17) is 4.98 Å². The largest absolute Gasteiger partial charge is 0.352 e. The number of imidazole rings is 1. The van der Waals surface area contributed by atoms with Crippen molar-refractivity contribution in [1.29, 1.82) is 0 Å². The highest BCUT2D eigenvalue weighted by molar-refractivity contribution is 5.75. The minimum absolute atomic E-state index is 0.448. The third kappa shape index (κ3) is 3.22. The number of piperazine rings is 1. The van der Waals surface area contributed by atoms with Crippen LogP contribution in [0.15, 0.2) is 42.9 Å². The van der Waals surface area contributed by atoms with E-state index in [1.165, 1.54) is 0 Å². The number of aryl methyl sites for hydroxylation is 1. The predicted molar refractivity (Wildman–Crippen MR) is 99.5 cm³/mol. The summed E-state index contributed by atoms with van der Waals surface area (Å²) in [5, 5.41) is 0. The molecule has 6 heteroatoms. The van der Waals surface area contributed by atoms with Crippen LogP contribution >= 0.6 is 0 Å². The van der Waals surface area contributed by atoms with Gasteiger partial charge in [-0.05, 0) is 26.0 Å². The topological polar surface area (TPSA) is 50.1 Å². The average molecular weight is 336 g/mol. The van der Waals surface area contributed by atoms with Crippen molar-refractivity contribution in [3.63, 3.8) is 0 Å². The molecule has 1 atom stereocenters. The van der Waals surface area contributed by atoms with E-state index >= 15 is 0 Å². The van der Waals surface area contributed by atoms with E-state index in [9.17, 15) is 0 Å². The van der Waals surface area contributed by atoms with Gasteiger partial charge in [-0.2, -0.15) is 0 Å². The van der Waals surface area contributed by atoms with Gasteiger partial charge in [0.2, 0.25) is 0 Å². The van der Waals surface area contributed by atoms with Crippen molar-refractivity contribution in [3.05, 3.63) is 48.7 Å². The maximum absolute atomic E-state index is 4.79. The highest BCUT2D eigenvalue weighted by Crippen LogP contribution is 2.20. The fraction of sp³-hybridized carbons (Fsp3) is 0.421. The average Bonchev–Trinajstić information content (AvgIpc) is 3.10. The molecule has 0 aliphatic carbocycles. The van der Waals surface area contributed by atoms with Crippen LogP contribution in [0, 0.1) is 0 Å². The lowest BCUT2D eigenvalue weighted by molar-refractivity contribution is 0.174. The molecule has 6 nitrogen and oxygen atoms in total. The Balaban J connectivity index is 1.46. The van der Waals surface area contributed by atoms with Gasteiger partial charge in [-0.25, -0.2) is 9.97 Å². The lowest BCUT2D eigenvalue weighted by atomic mass is 10.2. The summed E-state index contributed by atoms with van der Waals surface area (Å²) in [5.74, 6) is 2.12. The molecule has 1 aromatic carbocycles. The van der Waals surface area contributed by atoms with Crippen molar-refractivity contribution < 1.29 is 0 Å². The van der Waals surface area contributed by atoms with Gasteiger partial charge in [0.25, 0.3) is 0 Å². The molecular formula is C19H24N6. The van der Waals surface area contributed by atoms with Gasteiger partial charge in [0.15, 0.2) is 0 Å². The second-order valence-corrected chi connectivity index (χ2v) is 6.61. The second kappa shape index (κ2) is 6.80. The van der Waals surface area contributed by atoms with Gasteiger partial charge < -0.3 is 9.47 Å². The maximum atomic E-state index is 4.79. The number of para-hydroxylation sites is 2. The van der Waals surface area contributed by atoms with Gasteiger partial charge in [0, 0.05) is 44.6 Å². The van der Waals surface area contributed by atoms with Crippen LogP contribution in [0.5, 0.6) is 0 Å². The van der Waals surface area contributed by atoms with Gasteiger partial charge in [0.1, 0.15) is 11.6 Å². The van der Waals surface area contributed by atoms with Gasteiger partial charge in [-0.15, -0.1) is 0 Å². The third-order valence-corrected chi connectivity index (χ3v) is 5.01. The number of nitrogens with zero attached hydrogens (tertiary/aromatic N) is 6. The maximum Gasteiger partial charge on any atom is 0.147 e. The zero-order chi connectivity index (χ0) is 17.2. The Hall–Kier alpha value is -2.47. The molecular weight excluding hydrogens is 312 g/mol. The molecule has 1 aliphatic heterocycles. The summed E-state index contributed by atoms with van der Waals surface area (Å²) >= 11 is 0. The predicted octanol–water partition coefficient (Wildman–Crippen LogP) is 2.56. The van der Waals surface area contributed by atoms with Gasteiger partial charge >= 0.3 is 0 Å². The minimum atomic E-state index is 0.448. The molecule has 130 valence electrons. The summed E-state index contributed by atoms with van der Waals surface area (Å²) < 4.78 is 2.22. The molecule has 0 radical (unpaired) electrons. The fourth-order valence-corrected chi connectivity index (χ4v) is 3.50. The number of fused-ring (bicyclic) bond motifs is 1. The summed E-state index contributed by atoms with van der Waals surface area (Å²) in [6.07, 6.45) is 5.85. The Bertz CT molecular complexity index is 858. The first-order valence-corrected chi connectivity index (χ1v) is 8.95. The molecule has 25 heavy (non-hydrogen) atoms. The Morgan fingerprint density at radius 3 is 2.76 bits per heavy atom. The van der Waals surface area contributed by atoms with E-state index in [0.29, 0.717) is 6.04 Å². The van der Waals surface area contributed by atoms with Crippen LogP contribution in [0.4, 0.5) is 5.82 Å². The molecule has 3 aromatic rings. The molecule has 0 saturated carbocycles. The fourth-order valence-electron chi connectivity index (χ4n) is 3.50. The number of hydrogen-bond donors (Lipinski definition) is 0. The summed E-state index contributed by atoms with van der Waals surface area (Å²) in [5.41, 5.74) is 1.91. The Morgan fingerprint density at radius 1 is 1.12 bits per heavy atom. The quantitative estimate of drug-likeness (QED) is 0.733. The molecule has 1 saturated heterocycles. The van der Waals surface area contributed by atoms with Crippen LogP contribution in [-0.2, 0) is 13.1 Å². The van der Waals surface area contributed by atoms with Crippen molar-refractivity contribution in [1.82, 2.24) is 24.4 Å². The van der Waals surface area contributed by atoms with Crippen LogP contribution in [-0.4, -0.2) is 50.1 Å². The van der Waals surface area contributed by atoms with E-state index in [-0.39, 0.29) is 0 Å². The monoisotopic (exact) mass is 336 g/mol. The molecule has 0 amide bonds. The first-order chi connectivity index (χ1) is 12.2. The molecule has 1 fully saturated rings. The van der Waals surface area contributed by atoms with Gasteiger partial charge in [0.05, 0.1) is 23.8 Å². The van der Waals surface area contributed by atoms with Crippen molar-refractivity contribution in [3.8, 4) is 0 Å². The third-order valence-electron chi connectivity index (χ3n) is 5.01. The van der Waals surface area contributed by atoms with Crippen LogP contribution < -0.4 is 4.90 Å². The van der Waals surface area contributed by atoms with Gasteiger partial charge in [-0.1, -0.05) is 12.1 Å². The first kappa shape index (κ1) is 16.0. The van der Waals surface area contributed by atoms with Crippen molar-refractivity contribution in [2.45, 2.75) is 33.0 Å². The highest BCUT2D eigenvalue weighted by atomic mass is 15.3. The highest BCUT2D eigenvalue weighted by Gasteiger charge is 2.25. The van der Waals surface area contributed by atoms with E-state index in [1.54, 1.807) is 0 Å². The number of anilines is 1. The molecule has 3 heterocycles. The van der Waals surface area contributed by atoms with Crippen molar-refractivity contribution in [2.75, 3.05) is 24.5 Å². The van der Waals surface area contributed by atoms with Crippen molar-refractivity contribution in [2.24, 2.45) is 0 Å².